The van der Waals surface area contributed by atoms with Gasteiger partial charge in [-0.25, -0.2) is 0 Å². The van der Waals surface area contributed by atoms with Gasteiger partial charge in [-0.3, -0.25) is 0 Å². The Hall–Kier alpha value is -2.92. The summed E-state index contributed by atoms with van der Waals surface area (Å²) in [5.74, 6) is 0.219. The second kappa shape index (κ2) is 10.8. The van der Waals surface area contributed by atoms with Crippen molar-refractivity contribution in [3.63, 3.8) is 0 Å². The minimum absolute atomic E-state index is 0.0396. The van der Waals surface area contributed by atoms with E-state index < -0.39 is 20.6 Å². The Bertz CT molecular complexity index is 1180. The van der Waals surface area contributed by atoms with Crippen molar-refractivity contribution in [3.8, 4) is 22.7 Å². The third kappa shape index (κ3) is 5.51. The molecule has 8 heteroatoms. The van der Waals surface area contributed by atoms with Crippen LogP contribution in [0.1, 0.15) is 56.8 Å². The van der Waals surface area contributed by atoms with Crippen LogP contribution in [-0.4, -0.2) is 52.2 Å². The Balaban J connectivity index is 1.64. The summed E-state index contributed by atoms with van der Waals surface area (Å²) in [6.07, 6.45) is 7.24. The standard InChI is InChI=1S/C27H32AsN3O4/c1-17(2)28(26(32)20-7-5-18(3)6-8-20)25-23(27(33)34)16-31(30-25)22-12-9-19(10-13-22)21-11-14-24(35-4)29-15-21/h9-18,20H,5-8H2,1-4H3,(H,33,34)/t18-,20-,28?. The summed E-state index contributed by atoms with van der Waals surface area (Å²) < 4.78 is 7.60. The molecule has 1 fully saturated rings. The van der Waals surface area contributed by atoms with E-state index in [1.807, 2.05) is 50.2 Å². The Kier molecular flexibility index (Phi) is 7.75. The first-order valence-electron chi connectivity index (χ1n) is 12.0. The summed E-state index contributed by atoms with van der Waals surface area (Å²) in [7, 11) is 1.58. The molecule has 184 valence electrons. The van der Waals surface area contributed by atoms with E-state index in [0.717, 1.165) is 42.5 Å². The predicted octanol–water partition coefficient (Wildman–Crippen LogP) is 4.69. The van der Waals surface area contributed by atoms with Crippen LogP contribution < -0.4 is 9.22 Å². The fourth-order valence-corrected chi connectivity index (χ4v) is 9.78. The first-order valence-corrected chi connectivity index (χ1v) is 15.0. The Morgan fingerprint density at radius 1 is 1.06 bits per heavy atom. The minimum atomic E-state index is -2.38. The number of carboxylic acids is 1. The second-order valence-electron chi connectivity index (χ2n) is 9.51. The summed E-state index contributed by atoms with van der Waals surface area (Å²) in [4.78, 5) is 30.0. The number of benzene rings is 1. The fraction of sp³-hybridized carbons (Fsp3) is 0.407. The zero-order chi connectivity index (χ0) is 25.1. The number of aromatic nitrogens is 3. The number of ether oxygens (including phenoxy) is 1. The number of hydrogen-bond acceptors (Lipinski definition) is 5. The van der Waals surface area contributed by atoms with E-state index in [1.165, 1.54) is 0 Å². The molecule has 1 unspecified atom stereocenters. The fourth-order valence-electron chi connectivity index (χ4n) is 4.61. The van der Waals surface area contributed by atoms with Gasteiger partial charge in [-0.1, -0.05) is 0 Å². The van der Waals surface area contributed by atoms with E-state index in [0.29, 0.717) is 16.3 Å². The Morgan fingerprint density at radius 3 is 2.26 bits per heavy atom. The molecule has 1 aromatic carbocycles. The molecule has 0 aliphatic heterocycles. The number of methoxy groups -OCH3 is 1. The van der Waals surface area contributed by atoms with Crippen molar-refractivity contribution in [1.82, 2.24) is 14.8 Å². The van der Waals surface area contributed by atoms with Crippen molar-refractivity contribution in [3.05, 3.63) is 54.4 Å². The van der Waals surface area contributed by atoms with Crippen LogP contribution in [0.25, 0.3) is 16.8 Å². The summed E-state index contributed by atoms with van der Waals surface area (Å²) in [5.41, 5.74) is 2.83. The van der Waals surface area contributed by atoms with Crippen LogP contribution in [0.4, 0.5) is 0 Å². The average Bonchev–Trinajstić information content (AvgIpc) is 3.29. The maximum atomic E-state index is 13.6. The molecule has 0 radical (unpaired) electrons. The summed E-state index contributed by atoms with van der Waals surface area (Å²) in [6, 6.07) is 11.5. The molecular formula is C27H32AsN3O4. The molecule has 0 saturated heterocycles. The van der Waals surface area contributed by atoms with Crippen LogP contribution in [0, 0.1) is 11.8 Å². The van der Waals surface area contributed by atoms with Crippen LogP contribution in [-0.2, 0) is 4.79 Å². The molecule has 1 aliphatic rings. The zero-order valence-corrected chi connectivity index (χ0v) is 22.5. The molecule has 2 heterocycles. The Morgan fingerprint density at radius 2 is 1.71 bits per heavy atom. The zero-order valence-electron chi connectivity index (χ0n) is 20.6. The van der Waals surface area contributed by atoms with Crippen LogP contribution in [0.5, 0.6) is 5.88 Å². The number of aromatic carboxylic acids is 1. The van der Waals surface area contributed by atoms with Gasteiger partial charge in [-0.2, -0.15) is 0 Å². The van der Waals surface area contributed by atoms with Crippen LogP contribution in [0.2, 0.25) is 4.71 Å². The first-order chi connectivity index (χ1) is 16.8. The van der Waals surface area contributed by atoms with Gasteiger partial charge in [0.05, 0.1) is 7.11 Å². The molecule has 3 aromatic rings. The molecule has 2 aromatic heterocycles. The number of nitrogens with zero attached hydrogens (tertiary/aromatic N) is 3. The van der Waals surface area contributed by atoms with Crippen molar-refractivity contribution in [2.24, 2.45) is 11.8 Å². The molecule has 35 heavy (non-hydrogen) atoms. The number of carbonyl (C=O) groups is 2. The van der Waals surface area contributed by atoms with Gasteiger partial charge in [-0.15, -0.1) is 0 Å². The summed E-state index contributed by atoms with van der Waals surface area (Å²) >= 11 is -2.38. The number of rotatable bonds is 8. The van der Waals surface area contributed by atoms with Crippen molar-refractivity contribution < 1.29 is 19.4 Å². The molecule has 1 saturated carbocycles. The molecule has 1 aliphatic carbocycles. The van der Waals surface area contributed by atoms with Crippen LogP contribution >= 0.6 is 0 Å². The molecule has 0 amide bonds. The van der Waals surface area contributed by atoms with E-state index in [1.54, 1.807) is 24.2 Å². The van der Waals surface area contributed by atoms with Gasteiger partial charge in [0.25, 0.3) is 0 Å². The van der Waals surface area contributed by atoms with E-state index in [4.69, 9.17) is 9.84 Å². The number of pyridine rings is 1. The monoisotopic (exact) mass is 537 g/mol. The first kappa shape index (κ1) is 25.2. The van der Waals surface area contributed by atoms with Crippen molar-refractivity contribution in [2.45, 2.75) is 51.2 Å². The van der Waals surface area contributed by atoms with Gasteiger partial charge in [0, 0.05) is 0 Å². The SMILES string of the molecule is COc1ccc(-c2ccc(-n3cc(C(=O)O)c([As](C(=O)[C@H]4CC[C@H](C)CC4)C(C)C)n3)cc2)cn1. The maximum absolute atomic E-state index is 13.6. The summed E-state index contributed by atoms with van der Waals surface area (Å²) in [6.45, 7) is 6.30. The van der Waals surface area contributed by atoms with Crippen molar-refractivity contribution in [1.29, 1.82) is 0 Å². The molecule has 4 rings (SSSR count). The quantitative estimate of drug-likeness (QED) is 0.419. The number of carboxylic acid groups (broad SMARTS) is 1. The topological polar surface area (TPSA) is 94.3 Å². The van der Waals surface area contributed by atoms with Gasteiger partial charge in [-0.05, 0) is 0 Å². The van der Waals surface area contributed by atoms with Crippen molar-refractivity contribution in [2.75, 3.05) is 7.11 Å². The van der Waals surface area contributed by atoms with E-state index in [-0.39, 0.29) is 20.8 Å². The number of hydrogen-bond donors (Lipinski definition) is 1. The van der Waals surface area contributed by atoms with Crippen molar-refractivity contribution >= 4 is 29.7 Å². The van der Waals surface area contributed by atoms with Gasteiger partial charge in [0.1, 0.15) is 0 Å². The number of carbonyl (C=O) groups excluding carboxylic acids is 1. The predicted molar refractivity (Wildman–Crippen MR) is 137 cm³/mol. The van der Waals surface area contributed by atoms with Crippen LogP contribution in [0.3, 0.4) is 0 Å². The molecule has 7 nitrogen and oxygen atoms in total. The van der Waals surface area contributed by atoms with E-state index in [9.17, 15) is 14.7 Å². The van der Waals surface area contributed by atoms with Gasteiger partial charge >= 0.3 is 204 Å². The average molecular weight is 537 g/mol. The molecular weight excluding hydrogens is 505 g/mol. The third-order valence-electron chi connectivity index (χ3n) is 6.68. The second-order valence-corrected chi connectivity index (χ2v) is 15.0. The van der Waals surface area contributed by atoms with Gasteiger partial charge in [0.15, 0.2) is 0 Å². The van der Waals surface area contributed by atoms with E-state index in [2.05, 4.69) is 11.9 Å². The molecule has 0 spiro atoms. The normalized spacial score (nSPS) is 18.9. The molecule has 0 bridgehead atoms. The van der Waals surface area contributed by atoms with Crippen LogP contribution in [0.15, 0.2) is 48.8 Å². The Labute approximate surface area is 210 Å². The van der Waals surface area contributed by atoms with Gasteiger partial charge in [0.2, 0.25) is 0 Å². The van der Waals surface area contributed by atoms with E-state index >= 15 is 0 Å². The molecule has 1 atom stereocenters. The molecule has 1 N–H and O–H groups in total. The summed E-state index contributed by atoms with van der Waals surface area (Å²) in [5, 5.41) is 14.7. The van der Waals surface area contributed by atoms with Gasteiger partial charge < -0.3 is 0 Å². The third-order valence-corrected chi connectivity index (χ3v) is 12.3.